The number of nitrogens with zero attached hydrogens (tertiary/aromatic N) is 3. The first kappa shape index (κ1) is 25.7. The van der Waals surface area contributed by atoms with Crippen molar-refractivity contribution in [2.75, 3.05) is 51.0 Å². The highest BCUT2D eigenvalue weighted by molar-refractivity contribution is 5.94. The van der Waals surface area contributed by atoms with Crippen LogP contribution >= 0.6 is 0 Å². The second kappa shape index (κ2) is 12.5. The van der Waals surface area contributed by atoms with Gasteiger partial charge in [0.2, 0.25) is 5.95 Å². The maximum Gasteiger partial charge on any atom is 0.251 e. The fraction of sp³-hybridized carbons (Fsp3) is 0.320. The summed E-state index contributed by atoms with van der Waals surface area (Å²) in [5.74, 6) is 0.534. The standard InChI is InChI=1S/C25H31FN6O3/c1-5-32(6-2)12-11-27-24(33)17-7-9-18(10-8-17)30-25-28-16-22(26)23(31-25)29-19-13-20(34-3)15-21(14-19)35-4/h7-10,13-16H,5-6,11-12H2,1-4H3,(H,27,33)(H2,28,29,30,31). The highest BCUT2D eigenvalue weighted by Gasteiger charge is 2.11. The number of methoxy groups -OCH3 is 2. The van der Waals surface area contributed by atoms with Gasteiger partial charge in [-0.05, 0) is 37.4 Å². The van der Waals surface area contributed by atoms with E-state index in [1.807, 2.05) is 0 Å². The number of likely N-dealkylation sites (N-methyl/N-ethyl adjacent to an activating group) is 1. The minimum absolute atomic E-state index is 0.0120. The van der Waals surface area contributed by atoms with E-state index in [0.29, 0.717) is 35.0 Å². The Balaban J connectivity index is 1.65. The molecule has 3 N–H and O–H groups in total. The number of hydrogen-bond donors (Lipinski definition) is 3. The third-order valence-corrected chi connectivity index (χ3v) is 5.37. The number of carbonyl (C=O) groups excluding carboxylic acids is 1. The summed E-state index contributed by atoms with van der Waals surface area (Å²) in [4.78, 5) is 22.9. The van der Waals surface area contributed by atoms with Crippen LogP contribution in [0.3, 0.4) is 0 Å². The van der Waals surface area contributed by atoms with Crippen molar-refractivity contribution in [3.05, 3.63) is 60.0 Å². The number of carbonyl (C=O) groups is 1. The normalized spacial score (nSPS) is 10.7. The van der Waals surface area contributed by atoms with Crippen molar-refractivity contribution in [3.8, 4) is 11.5 Å². The minimum Gasteiger partial charge on any atom is -0.497 e. The predicted molar refractivity (Wildman–Crippen MR) is 135 cm³/mol. The van der Waals surface area contributed by atoms with E-state index in [1.54, 1.807) is 42.5 Å². The highest BCUT2D eigenvalue weighted by Crippen LogP contribution is 2.28. The third kappa shape index (κ3) is 7.28. The van der Waals surface area contributed by atoms with Gasteiger partial charge in [-0.25, -0.2) is 9.37 Å². The third-order valence-electron chi connectivity index (χ3n) is 5.37. The van der Waals surface area contributed by atoms with Crippen molar-refractivity contribution in [2.45, 2.75) is 13.8 Å². The maximum atomic E-state index is 14.4. The van der Waals surface area contributed by atoms with Crippen LogP contribution in [0.2, 0.25) is 0 Å². The van der Waals surface area contributed by atoms with Gasteiger partial charge in [-0.15, -0.1) is 0 Å². The molecule has 0 unspecified atom stereocenters. The quantitative estimate of drug-likeness (QED) is 0.353. The highest BCUT2D eigenvalue weighted by atomic mass is 19.1. The molecule has 2 aromatic carbocycles. The summed E-state index contributed by atoms with van der Waals surface area (Å²) in [5, 5.41) is 8.88. The Morgan fingerprint density at radius 3 is 2.23 bits per heavy atom. The summed E-state index contributed by atoms with van der Waals surface area (Å²) in [5.41, 5.74) is 1.75. The zero-order chi connectivity index (χ0) is 25.2. The van der Waals surface area contributed by atoms with Crippen molar-refractivity contribution >= 4 is 29.0 Å². The first-order valence-corrected chi connectivity index (χ1v) is 11.4. The molecule has 1 heterocycles. The lowest BCUT2D eigenvalue weighted by molar-refractivity contribution is 0.0949. The molecule has 0 fully saturated rings. The summed E-state index contributed by atoms with van der Waals surface area (Å²) in [7, 11) is 3.07. The molecule has 1 aromatic heterocycles. The maximum absolute atomic E-state index is 14.4. The average Bonchev–Trinajstić information content (AvgIpc) is 2.88. The number of aromatic nitrogens is 2. The van der Waals surface area contributed by atoms with Gasteiger partial charge in [0, 0.05) is 48.2 Å². The van der Waals surface area contributed by atoms with Gasteiger partial charge in [0.15, 0.2) is 11.6 Å². The Hall–Kier alpha value is -3.92. The number of amides is 1. The Bertz CT molecular complexity index is 1100. The molecule has 1 amide bonds. The van der Waals surface area contributed by atoms with E-state index in [9.17, 15) is 9.18 Å². The van der Waals surface area contributed by atoms with Gasteiger partial charge >= 0.3 is 0 Å². The molecule has 0 bridgehead atoms. The van der Waals surface area contributed by atoms with Gasteiger partial charge in [-0.1, -0.05) is 13.8 Å². The molecule has 186 valence electrons. The number of benzene rings is 2. The van der Waals surface area contributed by atoms with Crippen LogP contribution in [0, 0.1) is 5.82 Å². The zero-order valence-electron chi connectivity index (χ0n) is 20.4. The van der Waals surface area contributed by atoms with Crippen molar-refractivity contribution in [3.63, 3.8) is 0 Å². The average molecular weight is 483 g/mol. The molecular weight excluding hydrogens is 451 g/mol. The molecule has 3 aromatic rings. The first-order valence-electron chi connectivity index (χ1n) is 11.4. The van der Waals surface area contributed by atoms with Crippen molar-refractivity contribution in [1.82, 2.24) is 20.2 Å². The molecule has 35 heavy (non-hydrogen) atoms. The van der Waals surface area contributed by atoms with Crippen LogP contribution < -0.4 is 25.4 Å². The van der Waals surface area contributed by atoms with Gasteiger partial charge in [0.05, 0.1) is 20.4 Å². The lowest BCUT2D eigenvalue weighted by Crippen LogP contribution is -2.34. The van der Waals surface area contributed by atoms with Crippen LogP contribution in [-0.4, -0.2) is 61.2 Å². The van der Waals surface area contributed by atoms with Crippen LogP contribution in [0.5, 0.6) is 11.5 Å². The topological polar surface area (TPSA) is 101 Å². The summed E-state index contributed by atoms with van der Waals surface area (Å²) < 4.78 is 24.9. The van der Waals surface area contributed by atoms with E-state index in [4.69, 9.17) is 9.47 Å². The van der Waals surface area contributed by atoms with Crippen LogP contribution in [-0.2, 0) is 0 Å². The fourth-order valence-electron chi connectivity index (χ4n) is 3.33. The van der Waals surface area contributed by atoms with E-state index in [-0.39, 0.29) is 17.7 Å². The first-order chi connectivity index (χ1) is 16.9. The number of rotatable bonds is 12. The molecule has 3 rings (SSSR count). The Morgan fingerprint density at radius 1 is 0.971 bits per heavy atom. The van der Waals surface area contributed by atoms with Crippen LogP contribution in [0.15, 0.2) is 48.7 Å². The lowest BCUT2D eigenvalue weighted by atomic mass is 10.2. The van der Waals surface area contributed by atoms with Crippen molar-refractivity contribution in [1.29, 1.82) is 0 Å². The Morgan fingerprint density at radius 2 is 1.63 bits per heavy atom. The molecule has 0 saturated carbocycles. The lowest BCUT2D eigenvalue weighted by Gasteiger charge is -2.18. The number of nitrogens with one attached hydrogen (secondary N) is 3. The van der Waals surface area contributed by atoms with E-state index in [1.165, 1.54) is 14.2 Å². The molecule has 10 heteroatoms. The van der Waals surface area contributed by atoms with E-state index >= 15 is 0 Å². The van der Waals surface area contributed by atoms with E-state index in [2.05, 4.69) is 44.7 Å². The molecular formula is C25H31FN6O3. The van der Waals surface area contributed by atoms with E-state index in [0.717, 1.165) is 25.8 Å². The van der Waals surface area contributed by atoms with Gasteiger partial charge in [0.25, 0.3) is 5.91 Å². The summed E-state index contributed by atoms with van der Waals surface area (Å²) >= 11 is 0. The fourth-order valence-corrected chi connectivity index (χ4v) is 3.33. The van der Waals surface area contributed by atoms with Gasteiger partial charge in [0.1, 0.15) is 11.5 Å². The van der Waals surface area contributed by atoms with Gasteiger partial charge < -0.3 is 30.3 Å². The van der Waals surface area contributed by atoms with Crippen molar-refractivity contribution in [2.24, 2.45) is 0 Å². The van der Waals surface area contributed by atoms with Crippen LogP contribution in [0.25, 0.3) is 0 Å². The van der Waals surface area contributed by atoms with E-state index < -0.39 is 5.82 Å². The van der Waals surface area contributed by atoms with Crippen LogP contribution in [0.1, 0.15) is 24.2 Å². The molecule has 0 aliphatic rings. The van der Waals surface area contributed by atoms with Crippen LogP contribution in [0.4, 0.5) is 27.5 Å². The Labute approximate surface area is 204 Å². The van der Waals surface area contributed by atoms with Gasteiger partial charge in [-0.2, -0.15) is 4.98 Å². The van der Waals surface area contributed by atoms with Crippen molar-refractivity contribution < 1.29 is 18.7 Å². The molecule has 9 nitrogen and oxygen atoms in total. The summed E-state index contributed by atoms with van der Waals surface area (Å²) in [6.45, 7) is 7.47. The summed E-state index contributed by atoms with van der Waals surface area (Å²) in [6, 6.07) is 12.0. The monoisotopic (exact) mass is 482 g/mol. The number of hydrogen-bond acceptors (Lipinski definition) is 8. The number of anilines is 4. The zero-order valence-corrected chi connectivity index (χ0v) is 20.4. The summed E-state index contributed by atoms with van der Waals surface area (Å²) in [6.07, 6.45) is 1.08. The molecule has 0 aliphatic carbocycles. The SMILES string of the molecule is CCN(CC)CCNC(=O)c1ccc(Nc2ncc(F)c(Nc3cc(OC)cc(OC)c3)n2)cc1. The molecule has 0 saturated heterocycles. The second-order valence-corrected chi connectivity index (χ2v) is 7.60. The smallest absolute Gasteiger partial charge is 0.251 e. The number of halogens is 1. The molecule has 0 spiro atoms. The van der Waals surface area contributed by atoms with Gasteiger partial charge in [-0.3, -0.25) is 4.79 Å². The second-order valence-electron chi connectivity index (χ2n) is 7.60. The molecule has 0 radical (unpaired) electrons. The largest absolute Gasteiger partial charge is 0.497 e. The Kier molecular flexibility index (Phi) is 9.19. The predicted octanol–water partition coefficient (Wildman–Crippen LogP) is 4.19. The molecule has 0 aliphatic heterocycles. The minimum atomic E-state index is -0.617. The number of ether oxygens (including phenoxy) is 2. The molecule has 0 atom stereocenters.